The summed E-state index contributed by atoms with van der Waals surface area (Å²) in [6, 6.07) is 47.8. The number of nitrogens with zero attached hydrogens (tertiary/aromatic N) is 3. The van der Waals surface area contributed by atoms with E-state index in [2.05, 4.69) is 82.4 Å². The molecule has 6 atom stereocenters. The summed E-state index contributed by atoms with van der Waals surface area (Å²) in [5.41, 5.74) is 4.90. The summed E-state index contributed by atoms with van der Waals surface area (Å²) in [6.07, 6.45) is 4.94. The van der Waals surface area contributed by atoms with Gasteiger partial charge in [-0.25, -0.2) is 33.7 Å². The van der Waals surface area contributed by atoms with Crippen molar-refractivity contribution in [2.75, 3.05) is 78.5 Å². The minimum Gasteiger partial charge on any atom is -1.00 e. The van der Waals surface area contributed by atoms with E-state index in [1.54, 1.807) is 87.5 Å². The minimum atomic E-state index is -3.93. The predicted molar refractivity (Wildman–Crippen MR) is 581 cm³/mol. The number of fused-ring (bicyclic) bond motifs is 4. The Morgan fingerprint density at radius 3 is 1.04 bits per heavy atom. The Morgan fingerprint density at radius 1 is 0.497 bits per heavy atom. The molecule has 0 spiro atoms. The molecule has 31 nitrogen and oxygen atoms in total. The molecule has 0 amide bonds. The van der Waals surface area contributed by atoms with E-state index in [4.69, 9.17) is 61.0 Å². The van der Waals surface area contributed by atoms with Gasteiger partial charge in [0.05, 0.1) is 73.4 Å². The summed E-state index contributed by atoms with van der Waals surface area (Å²) in [6.45, 7) is 47.9. The van der Waals surface area contributed by atoms with Gasteiger partial charge < -0.3 is 66.5 Å². The number of carbonyl (C=O) groups is 7. The fraction of sp³-hybridized carbons (Fsp3) is 0.548. The van der Waals surface area contributed by atoms with E-state index < -0.39 is 122 Å². The van der Waals surface area contributed by atoms with Crippen molar-refractivity contribution >= 4 is 179 Å². The fourth-order valence-corrected chi connectivity index (χ4v) is 20.3. The molecule has 0 radical (unpaired) electrons. The van der Waals surface area contributed by atoms with E-state index in [-0.39, 0.29) is 222 Å². The second kappa shape index (κ2) is 86.0. The van der Waals surface area contributed by atoms with Crippen molar-refractivity contribution in [2.24, 2.45) is 64.9 Å². The number of hydrogen-bond donors (Lipinski definition) is 4. The van der Waals surface area contributed by atoms with Crippen LogP contribution in [0.2, 0.25) is 0 Å². The van der Waals surface area contributed by atoms with Crippen LogP contribution < -0.4 is 133 Å². The molecule has 822 valence electrons. The van der Waals surface area contributed by atoms with Gasteiger partial charge >= 0.3 is 157 Å². The van der Waals surface area contributed by atoms with Crippen LogP contribution in [-0.4, -0.2) is 221 Å². The first-order valence-corrected chi connectivity index (χ1v) is 57.2. The van der Waals surface area contributed by atoms with Crippen molar-refractivity contribution in [1.29, 1.82) is 0 Å². The molecule has 0 fully saturated rings. The average Bonchev–Trinajstić information content (AvgIpc) is 0.776. The summed E-state index contributed by atoms with van der Waals surface area (Å²) >= 11 is 2.40. The summed E-state index contributed by atoms with van der Waals surface area (Å²) < 4.78 is 157. The van der Waals surface area contributed by atoms with Crippen molar-refractivity contribution < 1.29 is 255 Å². The molecule has 0 aromatic heterocycles. The van der Waals surface area contributed by atoms with Gasteiger partial charge in [0, 0.05) is 41.2 Å². The number of sulfone groups is 1. The SMILES string of the molecule is CC(C)CCI.CC(C)CCN([C@H](CC(C)C)C(=O)O)S(=O)(=O)c1ccc2ccccc2c1.CC(C)C[C@@H](CC(=O)OC(C)(C)C)C(=O)O.CCN(CC)CC.CO.COC(=O)[C@@H](CC(C)C)CS(=O)(=O)c1ccc2ccccc2c1.COC(=O)[C@@H](CC(C)C)N(CCC(C)C)S(=O)(=O)c1ccc2ccccc2c1.COC(=O)[C@H](N)CC(C)C.O=CO[O-].O=S(=O)(Cl)c1ccc2ccccc2c1.O=S([O-])Cl.[2H]CF.[H-].[K+].[K+].[Li+].[OH-]. The first-order chi connectivity index (χ1) is 67.1. The van der Waals surface area contributed by atoms with Crippen LogP contribution in [0.15, 0.2) is 189 Å². The van der Waals surface area contributed by atoms with Crippen LogP contribution in [0.1, 0.15) is 213 Å². The number of aliphatic hydroxyl groups excluding tert-OH is 1. The summed E-state index contributed by atoms with van der Waals surface area (Å²) in [5.74, 6) is -2.69. The third-order valence-corrected chi connectivity index (χ3v) is 28.0. The number of halogens is 4. The zero-order valence-electron chi connectivity index (χ0n) is 93.4. The molecular formula is C104H162Cl2FIK2LiN4O27S5-. The van der Waals surface area contributed by atoms with E-state index in [1.807, 2.05) is 194 Å². The number of carboxylic acid groups (broad SMARTS) is 2. The molecule has 8 rings (SSSR count). The molecule has 8 aromatic rings. The van der Waals surface area contributed by atoms with Crippen LogP contribution >= 0.6 is 44.0 Å². The van der Waals surface area contributed by atoms with E-state index in [0.29, 0.717) is 50.4 Å². The normalized spacial score (nSPS) is 12.3. The quantitative estimate of drug-likeness (QED) is 0.00266. The van der Waals surface area contributed by atoms with Gasteiger partial charge in [0.1, 0.15) is 23.7 Å². The minimum absolute atomic E-state index is 0. The van der Waals surface area contributed by atoms with E-state index in [0.717, 1.165) is 56.1 Å². The Kier molecular flexibility index (Phi) is 91.1. The molecule has 0 heterocycles. The largest absolute Gasteiger partial charge is 1.00 e. The molecule has 0 bridgehead atoms. The maximum Gasteiger partial charge on any atom is 1.00 e. The number of rotatable bonds is 39. The number of carboxylic acids is 2. The number of esters is 4. The molecule has 0 aliphatic carbocycles. The molecule has 43 heteroatoms. The van der Waals surface area contributed by atoms with Crippen molar-refractivity contribution in [1.82, 2.24) is 13.5 Å². The van der Waals surface area contributed by atoms with Crippen LogP contribution in [0.5, 0.6) is 0 Å². The van der Waals surface area contributed by atoms with Gasteiger partial charge in [0.25, 0.3) is 15.5 Å². The molecule has 0 aliphatic heterocycles. The van der Waals surface area contributed by atoms with Crippen LogP contribution in [-0.2, 0) is 107 Å². The average molecular weight is 2360 g/mol. The number of aliphatic carboxylic acids is 2. The number of aliphatic hydroxyl groups is 1. The van der Waals surface area contributed by atoms with E-state index in [9.17, 15) is 71.9 Å². The molecule has 147 heavy (non-hydrogen) atoms. The summed E-state index contributed by atoms with van der Waals surface area (Å²) in [5, 5.41) is 41.4. The monoisotopic (exact) mass is 2360 g/mol. The first-order valence-electron chi connectivity index (χ1n) is 47.7. The number of carbonyl (C=O) groups excluding carboxylic acids is 5. The van der Waals surface area contributed by atoms with Gasteiger partial charge in [0.15, 0.2) is 9.84 Å². The number of sulfonamides is 2. The van der Waals surface area contributed by atoms with Gasteiger partial charge in [-0.05, 0) is 246 Å². The van der Waals surface area contributed by atoms with Crippen molar-refractivity contribution in [2.45, 2.75) is 253 Å². The fourth-order valence-electron chi connectivity index (χ4n) is 13.4. The number of hydrogen-bond acceptors (Lipinski definition) is 27. The molecule has 1 unspecified atom stereocenters. The number of nitrogens with two attached hydrogens (primary N) is 1. The van der Waals surface area contributed by atoms with Crippen LogP contribution in [0, 0.1) is 59.2 Å². The Hall–Kier alpha value is -4.17. The molecule has 0 aliphatic rings. The Bertz CT molecular complexity index is 5550. The Balaban J connectivity index is -0.000000217. The van der Waals surface area contributed by atoms with Crippen LogP contribution in [0.3, 0.4) is 0 Å². The molecule has 6 N–H and O–H groups in total. The standard InChI is InChI=1S/C22H31NO4S.C21H29NO4S.C18H22O4S.C12H22O4.C10H7ClO2S.C7H15NO2.C6H15N.C5H11I.CH3F.CH2O3.CH4O.ClHO2S.2K.Li.H2O.H/c1-16(2)12-13-23(21(14-17(3)4)22(24)27-5)28(25,26)20-11-10-18-8-6-7-9-19(18)15-20;1-15(2)11-12-22(20(21(23)24)13-16(3)4)27(25,26)19-10-9-17-7-5-6-8-18(17)14-19;1-13(2)10-16(18(19)22-3)12-23(20,21)17-9-8-14-6-4-5-7-15(14)11-17;1-8(2)6-9(11(14)15)7-10(13)16-12(3,4)5;11-14(12,13)10-6-5-8-3-1-2-4-9(8)7-10;1-5(2)4-6(8)7(9)10-3;1-4-7(5-2)6-3;1-5(2)3-4-6;1-2;2-1-4-3;1-2;1-4(2)3;;;;;/h6-11,15-17,21H,12-14H2,1-5H3;5-10,14-16,20H,11-13H2,1-4H3,(H,23,24);4-9,11,13,16H,10,12H2,1-3H3;8-9H,6-7H2,1-5H3,(H,14,15);1-7H;5-6H,4,8H2,1-3H3;4-6H2,1-3H3;5H,3-4H2,1-2H3;1H3;1,3H;2H,1H3;(H,2,3);;;;1H2;/q;;;;;;;;;;;;3*+1;;-1/p-3/t21-;20-;16-;9-;;6-;;;;;;;;;;;/m1100.1.........../s1/i;;;;;;;;1D;;;;;;;;. The maximum atomic E-state index is 13.6. The smallest absolute Gasteiger partial charge is 1.00 e. The van der Waals surface area contributed by atoms with Crippen LogP contribution in [0.25, 0.3) is 43.1 Å². The van der Waals surface area contributed by atoms with E-state index in [1.165, 1.54) is 66.5 Å². The number of methoxy groups -OCH3 is 3. The summed E-state index contributed by atoms with van der Waals surface area (Å²) in [7, 11) is -3.98. The van der Waals surface area contributed by atoms with Crippen molar-refractivity contribution in [3.63, 3.8) is 0 Å². The molecule has 0 saturated carbocycles. The van der Waals surface area contributed by atoms with Gasteiger partial charge in [-0.1, -0.05) is 275 Å². The topological polar surface area (TPSA) is 492 Å². The summed E-state index contributed by atoms with van der Waals surface area (Å²) in [4.78, 5) is 83.7. The van der Waals surface area contributed by atoms with Gasteiger partial charge in [0.2, 0.25) is 20.0 Å². The molecule has 8 aromatic carbocycles. The molecule has 0 saturated heterocycles. The van der Waals surface area contributed by atoms with Crippen molar-refractivity contribution in [3.8, 4) is 0 Å². The predicted octanol–water partition coefficient (Wildman–Crippen LogP) is 11.5. The second-order valence-electron chi connectivity index (χ2n) is 36.9. The number of benzene rings is 8. The van der Waals surface area contributed by atoms with E-state index >= 15 is 0 Å². The number of ether oxygens (including phenoxy) is 4. The Morgan fingerprint density at radius 2 is 0.782 bits per heavy atom. The first kappa shape index (κ1) is 156. The zero-order chi connectivity index (χ0) is 112. The number of alkyl halides is 2. The third-order valence-electron chi connectivity index (χ3n) is 20.4. The molecular weight excluding hydrogens is 2200 g/mol. The second-order valence-corrected chi connectivity index (χ2v) is 47.5. The Labute approximate surface area is 1000 Å². The van der Waals surface area contributed by atoms with Gasteiger partial charge in [-0.2, -0.15) is 8.61 Å². The maximum absolute atomic E-state index is 13.6. The van der Waals surface area contributed by atoms with Crippen LogP contribution in [0.4, 0.5) is 4.39 Å². The van der Waals surface area contributed by atoms with Gasteiger partial charge in [-0.15, -0.1) is 0 Å². The third kappa shape index (κ3) is 69.4. The zero-order valence-corrected chi connectivity index (χ0v) is 105. The van der Waals surface area contributed by atoms with Crippen molar-refractivity contribution in [3.05, 3.63) is 170 Å². The van der Waals surface area contributed by atoms with Gasteiger partial charge in [-0.3, -0.25) is 42.2 Å².